The van der Waals surface area contributed by atoms with Gasteiger partial charge in [-0.25, -0.2) is 17.7 Å². The maximum atomic E-state index is 14.0. The van der Waals surface area contributed by atoms with E-state index in [-0.39, 0.29) is 30.5 Å². The number of nitrogens with zero attached hydrogens (tertiary/aromatic N) is 5. The van der Waals surface area contributed by atoms with Crippen molar-refractivity contribution in [2.24, 2.45) is 7.05 Å². The highest BCUT2D eigenvalue weighted by Crippen LogP contribution is 2.45. The standard InChI is InChI=1S/C39H45ClFN5O5S.C4H11N.CH4.H2O/c1-4-31-35-34-30(40)14-13-29-28(9-6-20-51-33-10-5-8-25-24-26(41)11-12-27(25)33)38(39(47)48)46(37(29)34)16-7-23-52(49)44(3)32(36(35)42-43(31)2)15-17-45-18-21-50-22-19-45;1-3-5-4-2;;/h5,8,10-14,24,32H,4,6-7,9,15-23H2,1-3H3,(H,47,48);5H,3-4H2,1-2H3;1H4;1H2. The third-order valence-corrected chi connectivity index (χ3v) is 12.8. The zero-order valence-electron chi connectivity index (χ0n) is 34.3. The summed E-state index contributed by atoms with van der Waals surface area (Å²) in [4.78, 5) is 15.6. The number of aromatic nitrogens is 3. The molecule has 0 amide bonds. The third-order valence-electron chi connectivity index (χ3n) is 11.0. The van der Waals surface area contributed by atoms with Crippen molar-refractivity contribution in [3.05, 3.63) is 82.0 Å². The predicted molar refractivity (Wildman–Crippen MR) is 238 cm³/mol. The molecular weight excluding hydrogens is 795 g/mol. The number of morpholine rings is 1. The number of hydrogen-bond donors (Lipinski definition) is 2. The Balaban J connectivity index is 0.00000104. The zero-order valence-corrected chi connectivity index (χ0v) is 35.9. The van der Waals surface area contributed by atoms with Crippen LogP contribution in [-0.2, 0) is 42.2 Å². The molecule has 1 saturated heterocycles. The van der Waals surface area contributed by atoms with Crippen LogP contribution >= 0.6 is 11.6 Å². The van der Waals surface area contributed by atoms with Gasteiger partial charge in [0.15, 0.2) is 0 Å². The molecule has 2 unspecified atom stereocenters. The smallest absolute Gasteiger partial charge is 0.352 e. The number of fused-ring (bicyclic) bond motifs is 3. The van der Waals surface area contributed by atoms with Gasteiger partial charge < -0.3 is 29.9 Å². The average molecular weight is 858 g/mol. The summed E-state index contributed by atoms with van der Waals surface area (Å²) in [5, 5.41) is 21.9. The van der Waals surface area contributed by atoms with Crippen LogP contribution < -0.4 is 10.1 Å². The van der Waals surface area contributed by atoms with Crippen molar-refractivity contribution in [2.75, 3.05) is 65.3 Å². The Bertz CT molecular complexity index is 2200. The number of benzene rings is 3. The van der Waals surface area contributed by atoms with E-state index in [2.05, 4.69) is 31.0 Å². The number of carboxylic acids is 1. The summed E-state index contributed by atoms with van der Waals surface area (Å²) in [5.41, 5.74) is 5.13. The molecule has 2 atom stereocenters. The average Bonchev–Trinajstić information content (AvgIpc) is 3.69. The van der Waals surface area contributed by atoms with Crippen LogP contribution in [0.5, 0.6) is 5.75 Å². The normalized spacial score (nSPS) is 17.3. The molecule has 0 bridgehead atoms. The van der Waals surface area contributed by atoms with E-state index in [1.807, 2.05) is 58.0 Å². The molecule has 0 saturated carbocycles. The number of carboxylic acid groups (broad SMARTS) is 1. The van der Waals surface area contributed by atoms with Crippen molar-refractivity contribution >= 4 is 50.2 Å². The van der Waals surface area contributed by atoms with Gasteiger partial charge >= 0.3 is 5.97 Å². The van der Waals surface area contributed by atoms with Crippen molar-refractivity contribution in [1.29, 1.82) is 0 Å². The first-order chi connectivity index (χ1) is 27.6. The Labute approximate surface area is 355 Å². The van der Waals surface area contributed by atoms with E-state index in [0.717, 1.165) is 76.9 Å². The van der Waals surface area contributed by atoms with Gasteiger partial charge in [-0.05, 0) is 86.5 Å². The Kier molecular flexibility index (Phi) is 17.9. The van der Waals surface area contributed by atoms with E-state index in [0.29, 0.717) is 80.6 Å². The van der Waals surface area contributed by atoms with Gasteiger partial charge in [-0.1, -0.05) is 58.0 Å². The van der Waals surface area contributed by atoms with E-state index in [9.17, 15) is 18.5 Å². The predicted octanol–water partition coefficient (Wildman–Crippen LogP) is 7.45. The van der Waals surface area contributed by atoms with Crippen molar-refractivity contribution in [2.45, 2.75) is 72.9 Å². The summed E-state index contributed by atoms with van der Waals surface area (Å²) in [7, 11) is 2.50. The molecule has 2 aliphatic heterocycles. The summed E-state index contributed by atoms with van der Waals surface area (Å²) in [6.07, 6.45) is 2.89. The summed E-state index contributed by atoms with van der Waals surface area (Å²) < 4.78 is 45.3. The highest BCUT2D eigenvalue weighted by molar-refractivity contribution is 7.82. The third kappa shape index (κ3) is 10.5. The van der Waals surface area contributed by atoms with Gasteiger partial charge in [0.25, 0.3) is 0 Å². The van der Waals surface area contributed by atoms with E-state index in [4.69, 9.17) is 26.2 Å². The molecule has 0 spiro atoms. The van der Waals surface area contributed by atoms with Crippen molar-refractivity contribution in [3.63, 3.8) is 0 Å². The summed E-state index contributed by atoms with van der Waals surface area (Å²) in [5.74, 6) is -0.304. The van der Waals surface area contributed by atoms with Crippen LogP contribution in [0.4, 0.5) is 4.39 Å². The van der Waals surface area contributed by atoms with Gasteiger partial charge in [0.05, 0.1) is 53.1 Å². The van der Waals surface area contributed by atoms with E-state index in [1.54, 1.807) is 6.07 Å². The molecule has 15 heteroatoms. The number of rotatable bonds is 12. The number of nitrogens with one attached hydrogen (secondary N) is 1. The molecule has 3 aromatic carbocycles. The number of aryl methyl sites for hydroxylation is 3. The lowest BCUT2D eigenvalue weighted by Gasteiger charge is -2.31. The SMILES string of the molecule is C.CCNCC.CCc1c2c(nn1C)C(CCN1CCOCC1)N(C)S(=O)CCCn1c(C(=O)O)c(CCCOc3cccc4cc(F)ccc34)c3ccc(Cl)c-2c31.O. The first-order valence-corrected chi connectivity index (χ1v) is 21.8. The molecule has 5 aromatic rings. The van der Waals surface area contributed by atoms with Gasteiger partial charge in [-0.15, -0.1) is 0 Å². The number of carbonyl (C=O) groups is 1. The van der Waals surface area contributed by atoms with E-state index in [1.165, 1.54) is 12.1 Å². The quantitative estimate of drug-likeness (QED) is 0.123. The van der Waals surface area contributed by atoms with Gasteiger partial charge in [0.1, 0.15) is 17.3 Å². The highest BCUT2D eigenvalue weighted by Gasteiger charge is 2.34. The first-order valence-electron chi connectivity index (χ1n) is 20.2. The second-order valence-electron chi connectivity index (χ2n) is 14.5. The minimum atomic E-state index is -1.34. The molecule has 2 aliphatic rings. The van der Waals surface area contributed by atoms with Gasteiger partial charge in [-0.3, -0.25) is 9.58 Å². The molecule has 2 aromatic heterocycles. The maximum absolute atomic E-state index is 14.0. The van der Waals surface area contributed by atoms with Crippen LogP contribution in [0.2, 0.25) is 5.02 Å². The zero-order chi connectivity index (χ0) is 40.6. The van der Waals surface area contributed by atoms with Crippen LogP contribution in [0.15, 0.2) is 48.5 Å². The molecule has 1 fully saturated rings. The second kappa shape index (κ2) is 22.1. The van der Waals surface area contributed by atoms with E-state index >= 15 is 0 Å². The van der Waals surface area contributed by atoms with Crippen LogP contribution in [0.3, 0.4) is 0 Å². The minimum absolute atomic E-state index is 0. The van der Waals surface area contributed by atoms with Crippen molar-refractivity contribution in [1.82, 2.24) is 28.9 Å². The Morgan fingerprint density at radius 1 is 1.05 bits per heavy atom. The maximum Gasteiger partial charge on any atom is 0.352 e. The van der Waals surface area contributed by atoms with Gasteiger partial charge in [-0.2, -0.15) is 5.10 Å². The molecule has 12 nitrogen and oxygen atoms in total. The summed E-state index contributed by atoms with van der Waals surface area (Å²) in [6.45, 7) is 13.1. The first kappa shape index (κ1) is 47.8. The monoisotopic (exact) mass is 856 g/mol. The Morgan fingerprint density at radius 2 is 1.78 bits per heavy atom. The fourth-order valence-electron chi connectivity index (χ4n) is 8.23. The number of aromatic carboxylic acids is 1. The lowest BCUT2D eigenvalue weighted by molar-refractivity contribution is 0.0352. The number of ether oxygens (including phenoxy) is 2. The molecule has 324 valence electrons. The molecule has 7 rings (SSSR count). The van der Waals surface area contributed by atoms with Crippen LogP contribution in [0.1, 0.15) is 80.9 Å². The molecule has 59 heavy (non-hydrogen) atoms. The molecule has 4 N–H and O–H groups in total. The van der Waals surface area contributed by atoms with Crippen LogP contribution in [0, 0.1) is 5.82 Å². The number of halogens is 2. The summed E-state index contributed by atoms with van der Waals surface area (Å²) in [6, 6.07) is 13.7. The Hall–Kier alpha value is -3.89. The highest BCUT2D eigenvalue weighted by atomic mass is 35.5. The van der Waals surface area contributed by atoms with Crippen molar-refractivity contribution in [3.8, 4) is 16.9 Å². The second-order valence-corrected chi connectivity index (χ2v) is 16.5. The topological polar surface area (TPSA) is 146 Å². The van der Waals surface area contributed by atoms with Gasteiger partial charge in [0.2, 0.25) is 0 Å². The fraction of sp³-hybridized carbons (Fsp3) is 0.500. The van der Waals surface area contributed by atoms with Crippen LogP contribution in [-0.4, -0.2) is 110 Å². The number of hydrogen-bond acceptors (Lipinski definition) is 7. The Morgan fingerprint density at radius 3 is 2.46 bits per heavy atom. The molecule has 0 aliphatic carbocycles. The minimum Gasteiger partial charge on any atom is -0.493 e. The lowest BCUT2D eigenvalue weighted by Crippen LogP contribution is -2.39. The fourth-order valence-corrected chi connectivity index (χ4v) is 9.63. The molecule has 4 heterocycles. The largest absolute Gasteiger partial charge is 0.493 e. The van der Waals surface area contributed by atoms with Crippen LogP contribution in [0.25, 0.3) is 32.8 Å². The van der Waals surface area contributed by atoms with Crippen molar-refractivity contribution < 1.29 is 33.5 Å². The summed E-state index contributed by atoms with van der Waals surface area (Å²) >= 11 is 7.20. The van der Waals surface area contributed by atoms with Gasteiger partial charge in [0, 0.05) is 73.6 Å². The lowest BCUT2D eigenvalue weighted by atomic mass is 9.94. The molecule has 0 radical (unpaired) electrons. The van der Waals surface area contributed by atoms with E-state index < -0.39 is 17.0 Å². The molecular formula is C44H62ClFN6O6S.